The highest BCUT2D eigenvalue weighted by Crippen LogP contribution is 2.17. The van der Waals surface area contributed by atoms with Crippen molar-refractivity contribution in [2.75, 3.05) is 18.5 Å². The summed E-state index contributed by atoms with van der Waals surface area (Å²) in [7, 11) is 2.12. The third kappa shape index (κ3) is 3.61. The molecule has 108 valence electrons. The van der Waals surface area contributed by atoms with Gasteiger partial charge in [-0.1, -0.05) is 18.2 Å². The summed E-state index contributed by atoms with van der Waals surface area (Å²) in [6.07, 6.45) is 4.79. The van der Waals surface area contributed by atoms with Crippen LogP contribution in [0.2, 0.25) is 0 Å². The van der Waals surface area contributed by atoms with Gasteiger partial charge in [0.15, 0.2) is 0 Å². The lowest BCUT2D eigenvalue weighted by Gasteiger charge is -2.22. The van der Waals surface area contributed by atoms with E-state index in [9.17, 15) is 0 Å². The normalized spacial score (nSPS) is 11.6. The molecule has 0 unspecified atom stereocenters. The number of benzene rings is 1. The summed E-state index contributed by atoms with van der Waals surface area (Å²) in [6.45, 7) is 5.97. The molecule has 2 N–H and O–H groups in total. The first-order valence-corrected chi connectivity index (χ1v) is 7.04. The van der Waals surface area contributed by atoms with Crippen molar-refractivity contribution in [3.8, 4) is 0 Å². The van der Waals surface area contributed by atoms with Gasteiger partial charge in [-0.25, -0.2) is 4.98 Å². The van der Waals surface area contributed by atoms with Crippen molar-refractivity contribution in [2.24, 2.45) is 5.73 Å². The Morgan fingerprint density at radius 1 is 1.25 bits per heavy atom. The summed E-state index contributed by atoms with van der Waals surface area (Å²) >= 11 is 0. The van der Waals surface area contributed by atoms with Gasteiger partial charge in [0, 0.05) is 32.0 Å². The van der Waals surface area contributed by atoms with Crippen molar-refractivity contribution in [2.45, 2.75) is 32.4 Å². The average molecular weight is 272 g/mol. The van der Waals surface area contributed by atoms with Crippen molar-refractivity contribution < 1.29 is 0 Å². The number of imidazole rings is 1. The Bertz CT molecular complexity index is 525. The molecule has 0 spiro atoms. The van der Waals surface area contributed by atoms with Crippen LogP contribution >= 0.6 is 0 Å². The highest BCUT2D eigenvalue weighted by molar-refractivity contribution is 5.44. The first-order chi connectivity index (χ1) is 9.48. The van der Waals surface area contributed by atoms with E-state index in [2.05, 4.69) is 45.8 Å². The zero-order chi connectivity index (χ0) is 14.6. The molecule has 0 amide bonds. The Morgan fingerprint density at radius 3 is 2.60 bits per heavy atom. The molecule has 0 aliphatic rings. The first kappa shape index (κ1) is 14.6. The topological polar surface area (TPSA) is 47.1 Å². The van der Waals surface area contributed by atoms with Crippen LogP contribution in [0.25, 0.3) is 0 Å². The summed E-state index contributed by atoms with van der Waals surface area (Å²) in [6, 6.07) is 10.4. The minimum atomic E-state index is -0.345. The maximum absolute atomic E-state index is 6.15. The summed E-state index contributed by atoms with van der Waals surface area (Å²) in [4.78, 5) is 6.48. The lowest BCUT2D eigenvalue weighted by atomic mass is 10.0. The van der Waals surface area contributed by atoms with Gasteiger partial charge in [0.05, 0.1) is 17.6 Å². The molecular weight excluding hydrogens is 248 g/mol. The van der Waals surface area contributed by atoms with Crippen molar-refractivity contribution in [1.29, 1.82) is 0 Å². The third-order valence-corrected chi connectivity index (χ3v) is 3.46. The van der Waals surface area contributed by atoms with Crippen LogP contribution < -0.4 is 10.6 Å². The van der Waals surface area contributed by atoms with E-state index in [0.717, 1.165) is 25.2 Å². The molecule has 0 saturated carbocycles. The highest BCUT2D eigenvalue weighted by Gasteiger charge is 2.18. The molecule has 0 radical (unpaired) electrons. The predicted molar refractivity (Wildman–Crippen MR) is 83.8 cm³/mol. The van der Waals surface area contributed by atoms with E-state index in [1.54, 1.807) is 0 Å². The molecule has 4 heteroatoms. The second-order valence-corrected chi connectivity index (χ2v) is 5.80. The first-order valence-electron chi connectivity index (χ1n) is 7.04. The molecule has 0 saturated heterocycles. The average Bonchev–Trinajstić information content (AvgIpc) is 2.88. The van der Waals surface area contributed by atoms with Crippen LogP contribution in [0.15, 0.2) is 42.9 Å². The van der Waals surface area contributed by atoms with Crippen LogP contribution in [0, 0.1) is 0 Å². The van der Waals surface area contributed by atoms with E-state index < -0.39 is 0 Å². The Labute approximate surface area is 121 Å². The number of aryl methyl sites for hydroxylation is 1. The number of hydrogen-bond donors (Lipinski definition) is 1. The van der Waals surface area contributed by atoms with E-state index in [-0.39, 0.29) is 5.54 Å². The van der Waals surface area contributed by atoms with Gasteiger partial charge >= 0.3 is 0 Å². The van der Waals surface area contributed by atoms with Gasteiger partial charge in [-0.3, -0.25) is 0 Å². The number of nitrogens with zero attached hydrogens (tertiary/aromatic N) is 3. The SMILES string of the molecule is CN(CCCn1cncc1C(C)(C)N)c1ccccc1. The van der Waals surface area contributed by atoms with E-state index >= 15 is 0 Å². The van der Waals surface area contributed by atoms with Crippen molar-refractivity contribution in [1.82, 2.24) is 9.55 Å². The number of anilines is 1. The maximum Gasteiger partial charge on any atom is 0.0948 e. The molecule has 20 heavy (non-hydrogen) atoms. The predicted octanol–water partition coefficient (Wildman–Crippen LogP) is 2.60. The number of aromatic nitrogens is 2. The molecule has 0 aliphatic heterocycles. The van der Waals surface area contributed by atoms with Gasteiger partial charge in [0.2, 0.25) is 0 Å². The van der Waals surface area contributed by atoms with Crippen LogP contribution in [0.3, 0.4) is 0 Å². The lowest BCUT2D eigenvalue weighted by Crippen LogP contribution is -2.31. The van der Waals surface area contributed by atoms with E-state index in [1.165, 1.54) is 5.69 Å². The second-order valence-electron chi connectivity index (χ2n) is 5.80. The molecule has 0 aliphatic carbocycles. The summed E-state index contributed by atoms with van der Waals surface area (Å²) in [5, 5.41) is 0. The number of para-hydroxylation sites is 1. The zero-order valence-corrected chi connectivity index (χ0v) is 12.6. The largest absolute Gasteiger partial charge is 0.375 e. The summed E-state index contributed by atoms with van der Waals surface area (Å²) in [5.74, 6) is 0. The smallest absolute Gasteiger partial charge is 0.0948 e. The van der Waals surface area contributed by atoms with Crippen LogP contribution in [0.4, 0.5) is 5.69 Å². The van der Waals surface area contributed by atoms with Crippen LogP contribution in [0.1, 0.15) is 26.0 Å². The van der Waals surface area contributed by atoms with Crippen LogP contribution in [0.5, 0.6) is 0 Å². The van der Waals surface area contributed by atoms with E-state index in [1.807, 2.05) is 32.4 Å². The van der Waals surface area contributed by atoms with Crippen LogP contribution in [-0.2, 0) is 12.1 Å². The molecule has 0 atom stereocenters. The number of rotatable bonds is 6. The number of nitrogens with two attached hydrogens (primary N) is 1. The Hall–Kier alpha value is -1.81. The van der Waals surface area contributed by atoms with Crippen molar-refractivity contribution >= 4 is 5.69 Å². The summed E-state index contributed by atoms with van der Waals surface area (Å²) < 4.78 is 2.15. The molecule has 1 aromatic heterocycles. The third-order valence-electron chi connectivity index (χ3n) is 3.46. The van der Waals surface area contributed by atoms with Gasteiger partial charge in [0.1, 0.15) is 0 Å². The zero-order valence-electron chi connectivity index (χ0n) is 12.6. The molecule has 2 aromatic rings. The lowest BCUT2D eigenvalue weighted by molar-refractivity contribution is 0.485. The second kappa shape index (κ2) is 6.09. The number of hydrogen-bond acceptors (Lipinski definition) is 3. The Morgan fingerprint density at radius 2 is 1.95 bits per heavy atom. The van der Waals surface area contributed by atoms with Gasteiger partial charge in [-0.15, -0.1) is 0 Å². The minimum absolute atomic E-state index is 0.345. The molecule has 2 rings (SSSR count). The monoisotopic (exact) mass is 272 g/mol. The quantitative estimate of drug-likeness (QED) is 0.879. The molecule has 1 aromatic carbocycles. The van der Waals surface area contributed by atoms with Crippen molar-refractivity contribution in [3.63, 3.8) is 0 Å². The van der Waals surface area contributed by atoms with Crippen molar-refractivity contribution in [3.05, 3.63) is 48.5 Å². The maximum atomic E-state index is 6.15. The highest BCUT2D eigenvalue weighted by atomic mass is 15.1. The van der Waals surface area contributed by atoms with Gasteiger partial charge in [0.25, 0.3) is 0 Å². The fourth-order valence-corrected chi connectivity index (χ4v) is 2.33. The molecule has 4 nitrogen and oxygen atoms in total. The van der Waals surface area contributed by atoms with Gasteiger partial charge < -0.3 is 15.2 Å². The van der Waals surface area contributed by atoms with Crippen LogP contribution in [-0.4, -0.2) is 23.1 Å². The van der Waals surface area contributed by atoms with E-state index in [0.29, 0.717) is 0 Å². The molecule has 1 heterocycles. The standard InChI is InChI=1S/C16H24N4/c1-16(2,17)15-12-18-13-20(15)11-7-10-19(3)14-8-5-4-6-9-14/h4-6,8-9,12-13H,7,10-11,17H2,1-3H3. The molecule has 0 fully saturated rings. The fraction of sp³-hybridized carbons (Fsp3) is 0.438. The minimum Gasteiger partial charge on any atom is -0.375 e. The molecular formula is C16H24N4. The van der Waals surface area contributed by atoms with E-state index in [4.69, 9.17) is 5.73 Å². The van der Waals surface area contributed by atoms with Gasteiger partial charge in [-0.2, -0.15) is 0 Å². The van der Waals surface area contributed by atoms with Gasteiger partial charge in [-0.05, 0) is 32.4 Å². The summed E-state index contributed by atoms with van der Waals surface area (Å²) in [5.41, 5.74) is 8.14. The Kier molecular flexibility index (Phi) is 4.45. The fourth-order valence-electron chi connectivity index (χ4n) is 2.33. The molecule has 0 bridgehead atoms. The Balaban J connectivity index is 1.89.